The van der Waals surface area contributed by atoms with E-state index in [0.717, 1.165) is 12.8 Å². The molecule has 2 aliphatic rings. The van der Waals surface area contributed by atoms with Gasteiger partial charge in [-0.05, 0) is 37.5 Å². The maximum absolute atomic E-state index is 13.5. The van der Waals surface area contributed by atoms with Crippen molar-refractivity contribution in [1.82, 2.24) is 0 Å². The van der Waals surface area contributed by atoms with Crippen LogP contribution in [-0.2, 0) is 4.79 Å². The fourth-order valence-corrected chi connectivity index (χ4v) is 3.97. The monoisotopic (exact) mass is 274 g/mol. The number of rotatable bonds is 2. The van der Waals surface area contributed by atoms with E-state index in [0.29, 0.717) is 5.78 Å². The van der Waals surface area contributed by atoms with Gasteiger partial charge in [0, 0.05) is 10.8 Å². The number of carbonyl (C=O) groups is 1. The van der Waals surface area contributed by atoms with E-state index in [9.17, 15) is 4.79 Å². The summed E-state index contributed by atoms with van der Waals surface area (Å²) < 4.78 is 0. The Labute approximate surface area is 124 Å². The summed E-state index contributed by atoms with van der Waals surface area (Å²) in [6, 6.07) is 0. The lowest BCUT2D eigenvalue weighted by Gasteiger charge is -2.48. The average Bonchev–Trinajstić information content (AvgIpc) is 2.70. The van der Waals surface area contributed by atoms with Crippen LogP contribution in [0.5, 0.6) is 0 Å². The first-order valence-electron chi connectivity index (χ1n) is 7.81. The van der Waals surface area contributed by atoms with Gasteiger partial charge in [0.15, 0.2) is 0 Å². The average molecular weight is 274 g/mol. The van der Waals surface area contributed by atoms with Gasteiger partial charge >= 0.3 is 0 Å². The van der Waals surface area contributed by atoms with Crippen molar-refractivity contribution in [2.45, 2.75) is 68.2 Å². The van der Waals surface area contributed by atoms with E-state index in [1.54, 1.807) is 0 Å². The number of hydrogen-bond acceptors (Lipinski definition) is 1. The van der Waals surface area contributed by atoms with Crippen molar-refractivity contribution in [1.29, 1.82) is 0 Å². The molecule has 0 aromatic carbocycles. The molecule has 2 atom stereocenters. The second kappa shape index (κ2) is 4.08. The zero-order valence-corrected chi connectivity index (χ0v) is 14.5. The maximum atomic E-state index is 13.5. The predicted octanol–water partition coefficient (Wildman–Crippen LogP) is 5.32. The molecule has 0 fully saturated rings. The molecule has 0 amide bonds. The Morgan fingerprint density at radius 1 is 0.800 bits per heavy atom. The molecular formula is C19H30O. The van der Waals surface area contributed by atoms with Crippen LogP contribution in [0.2, 0.25) is 0 Å². The van der Waals surface area contributed by atoms with Gasteiger partial charge in [0.05, 0.1) is 0 Å². The third kappa shape index (κ3) is 1.58. The van der Waals surface area contributed by atoms with Crippen LogP contribution in [0.25, 0.3) is 0 Å². The standard InChI is InChI=1S/C19H30O/c1-13-9-11-18(7,16(13,3)4)15(20)19(8)12-10-14(2)17(19,5)6/h9-10H,11-12H2,1-8H3/t18-,19-/m1/s1. The number of Topliss-reactive ketones (excluding diaryl/α,β-unsaturated/α-hetero) is 1. The van der Waals surface area contributed by atoms with Crippen molar-refractivity contribution >= 4 is 5.78 Å². The summed E-state index contributed by atoms with van der Waals surface area (Å²) in [5, 5.41) is 0. The van der Waals surface area contributed by atoms with Gasteiger partial charge in [-0.1, -0.05) is 64.8 Å². The van der Waals surface area contributed by atoms with Crippen molar-refractivity contribution in [3.63, 3.8) is 0 Å². The molecule has 0 radical (unpaired) electrons. The van der Waals surface area contributed by atoms with E-state index >= 15 is 0 Å². The molecule has 0 saturated carbocycles. The van der Waals surface area contributed by atoms with E-state index in [1.807, 2.05) is 0 Å². The van der Waals surface area contributed by atoms with Crippen LogP contribution in [0.3, 0.4) is 0 Å². The number of hydrogen-bond donors (Lipinski definition) is 0. The quantitative estimate of drug-likeness (QED) is 0.623. The van der Waals surface area contributed by atoms with Gasteiger partial charge in [0.25, 0.3) is 0 Å². The van der Waals surface area contributed by atoms with E-state index < -0.39 is 0 Å². The van der Waals surface area contributed by atoms with Gasteiger partial charge in [-0.25, -0.2) is 0 Å². The Balaban J connectivity index is 2.44. The molecule has 0 heterocycles. The highest BCUT2D eigenvalue weighted by molar-refractivity contribution is 5.93. The largest absolute Gasteiger partial charge is 0.298 e. The van der Waals surface area contributed by atoms with Crippen molar-refractivity contribution in [3.8, 4) is 0 Å². The highest BCUT2D eigenvalue weighted by Crippen LogP contribution is 2.61. The van der Waals surface area contributed by atoms with Gasteiger partial charge in [-0.3, -0.25) is 4.79 Å². The molecule has 0 aliphatic heterocycles. The summed E-state index contributed by atoms with van der Waals surface area (Å²) in [6.45, 7) is 17.6. The van der Waals surface area contributed by atoms with Gasteiger partial charge in [0.2, 0.25) is 0 Å². The van der Waals surface area contributed by atoms with Crippen molar-refractivity contribution < 1.29 is 4.79 Å². The van der Waals surface area contributed by atoms with Crippen molar-refractivity contribution in [2.75, 3.05) is 0 Å². The Hall–Kier alpha value is -0.850. The first-order chi connectivity index (χ1) is 8.91. The molecule has 0 spiro atoms. The Morgan fingerprint density at radius 3 is 1.30 bits per heavy atom. The first kappa shape index (κ1) is 15.5. The molecule has 1 nitrogen and oxygen atoms in total. The highest BCUT2D eigenvalue weighted by atomic mass is 16.1. The van der Waals surface area contributed by atoms with Crippen LogP contribution in [0.4, 0.5) is 0 Å². The fourth-order valence-electron chi connectivity index (χ4n) is 3.97. The minimum absolute atomic E-state index is 0.0420. The minimum Gasteiger partial charge on any atom is -0.298 e. The highest BCUT2D eigenvalue weighted by Gasteiger charge is 2.60. The lowest BCUT2D eigenvalue weighted by molar-refractivity contribution is -0.146. The molecule has 0 aromatic heterocycles. The maximum Gasteiger partial charge on any atom is 0.146 e. The number of carbonyl (C=O) groups excluding carboxylic acids is 1. The third-order valence-corrected chi connectivity index (χ3v) is 7.37. The summed E-state index contributed by atoms with van der Waals surface area (Å²) in [6.07, 6.45) is 6.30. The molecule has 0 saturated heterocycles. The molecule has 0 N–H and O–H groups in total. The SMILES string of the molecule is CC1=CC[C@](C)(C(=O)[C@@]2(C)CC=C(C)C2(C)C)C1(C)C. The Kier molecular flexibility index (Phi) is 3.17. The van der Waals surface area contributed by atoms with Gasteiger partial charge in [0.1, 0.15) is 5.78 Å². The second-order valence-electron chi connectivity index (χ2n) is 8.43. The van der Waals surface area contributed by atoms with E-state index in [-0.39, 0.29) is 21.7 Å². The first-order valence-corrected chi connectivity index (χ1v) is 7.81. The molecule has 0 unspecified atom stereocenters. The van der Waals surface area contributed by atoms with Crippen LogP contribution in [0, 0.1) is 21.7 Å². The lowest BCUT2D eigenvalue weighted by atomic mass is 9.53. The van der Waals surface area contributed by atoms with Crippen molar-refractivity contribution in [2.24, 2.45) is 21.7 Å². The summed E-state index contributed by atoms with van der Waals surface area (Å²) in [7, 11) is 0. The predicted molar refractivity (Wildman–Crippen MR) is 85.5 cm³/mol. The number of allylic oxidation sites excluding steroid dienone is 4. The minimum atomic E-state index is -0.276. The molecule has 112 valence electrons. The van der Waals surface area contributed by atoms with Crippen LogP contribution in [-0.4, -0.2) is 5.78 Å². The summed E-state index contributed by atoms with van der Waals surface area (Å²) >= 11 is 0. The Morgan fingerprint density at radius 2 is 1.10 bits per heavy atom. The molecule has 2 rings (SSSR count). The van der Waals surface area contributed by atoms with Crippen molar-refractivity contribution in [3.05, 3.63) is 23.3 Å². The Bertz CT molecular complexity index is 472. The smallest absolute Gasteiger partial charge is 0.146 e. The van der Waals surface area contributed by atoms with Crippen LogP contribution in [0.1, 0.15) is 68.2 Å². The number of ketones is 1. The molecule has 2 aliphatic carbocycles. The zero-order chi connectivity index (χ0) is 15.6. The summed E-state index contributed by atoms with van der Waals surface area (Å²) in [5.41, 5.74) is 2.08. The fraction of sp³-hybridized carbons (Fsp3) is 0.737. The molecule has 0 aromatic rings. The van der Waals surface area contributed by atoms with E-state index in [2.05, 4.69) is 67.5 Å². The van der Waals surface area contributed by atoms with E-state index in [1.165, 1.54) is 11.1 Å². The molecule has 0 bridgehead atoms. The van der Waals surface area contributed by atoms with Crippen LogP contribution in [0.15, 0.2) is 23.3 Å². The zero-order valence-electron chi connectivity index (χ0n) is 14.5. The summed E-state index contributed by atoms with van der Waals surface area (Å²) in [4.78, 5) is 13.5. The lowest BCUT2D eigenvalue weighted by Crippen LogP contribution is -2.51. The third-order valence-electron chi connectivity index (χ3n) is 7.37. The van der Waals surface area contributed by atoms with Crippen LogP contribution < -0.4 is 0 Å². The topological polar surface area (TPSA) is 17.1 Å². The van der Waals surface area contributed by atoms with Crippen LogP contribution >= 0.6 is 0 Å². The molecule has 1 heteroatoms. The van der Waals surface area contributed by atoms with Gasteiger partial charge in [-0.15, -0.1) is 0 Å². The summed E-state index contributed by atoms with van der Waals surface area (Å²) in [5.74, 6) is 0.446. The van der Waals surface area contributed by atoms with E-state index in [4.69, 9.17) is 0 Å². The van der Waals surface area contributed by atoms with Gasteiger partial charge in [-0.2, -0.15) is 0 Å². The second-order valence-corrected chi connectivity index (χ2v) is 8.43. The normalized spacial score (nSPS) is 38.6. The molecule has 20 heavy (non-hydrogen) atoms. The molecular weight excluding hydrogens is 244 g/mol. The van der Waals surface area contributed by atoms with Gasteiger partial charge < -0.3 is 0 Å².